The molecule has 30 heavy (non-hydrogen) atoms. The minimum atomic E-state index is -0.799. The number of aromatic amines is 1. The van der Waals surface area contributed by atoms with Crippen LogP contribution in [0.4, 0.5) is 5.69 Å². The Bertz CT molecular complexity index is 1350. The molecule has 2 heterocycles. The molecule has 0 saturated heterocycles. The van der Waals surface area contributed by atoms with Crippen LogP contribution in [0, 0.1) is 0 Å². The smallest absolute Gasteiger partial charge is 0.357 e. The summed E-state index contributed by atoms with van der Waals surface area (Å²) >= 11 is 3.31. The van der Waals surface area contributed by atoms with Crippen molar-refractivity contribution in [3.05, 3.63) is 85.0 Å². The second-order valence-corrected chi connectivity index (χ2v) is 7.25. The summed E-state index contributed by atoms with van der Waals surface area (Å²) in [6, 6.07) is 13.6. The van der Waals surface area contributed by atoms with E-state index in [1.54, 1.807) is 48.5 Å². The highest BCUT2D eigenvalue weighted by atomic mass is 79.9. The van der Waals surface area contributed by atoms with Crippen molar-refractivity contribution >= 4 is 44.9 Å². The molecule has 8 nitrogen and oxygen atoms in total. The molecule has 1 aliphatic heterocycles. The van der Waals surface area contributed by atoms with Crippen molar-refractivity contribution < 1.29 is 14.6 Å². The van der Waals surface area contributed by atoms with Crippen molar-refractivity contribution in [2.75, 3.05) is 7.11 Å². The fourth-order valence-corrected chi connectivity index (χ4v) is 3.41. The molecule has 1 aliphatic rings. The quantitative estimate of drug-likeness (QED) is 0.574. The van der Waals surface area contributed by atoms with Crippen molar-refractivity contribution in [1.29, 1.82) is 0 Å². The Balaban J connectivity index is 1.96. The number of nitrogens with one attached hydrogen (secondary N) is 1. The Hall–Kier alpha value is -3.72. The lowest BCUT2D eigenvalue weighted by Crippen LogP contribution is -2.30. The zero-order valence-electron chi connectivity index (χ0n) is 15.5. The first-order valence-electron chi connectivity index (χ1n) is 8.73. The molecule has 1 aromatic heterocycles. The highest BCUT2D eigenvalue weighted by molar-refractivity contribution is 9.10. The van der Waals surface area contributed by atoms with Crippen LogP contribution in [0.25, 0.3) is 17.3 Å². The topological polar surface area (TPSA) is 114 Å². The summed E-state index contributed by atoms with van der Waals surface area (Å²) in [5.74, 6) is -1.25. The van der Waals surface area contributed by atoms with E-state index in [1.165, 1.54) is 13.2 Å². The third kappa shape index (κ3) is 3.29. The zero-order chi connectivity index (χ0) is 21.4. The molecule has 0 spiro atoms. The molecule has 0 bridgehead atoms. The number of rotatable bonds is 3. The number of fused-ring (bicyclic) bond motifs is 1. The van der Waals surface area contributed by atoms with Crippen LogP contribution in [-0.2, 0) is 9.53 Å². The van der Waals surface area contributed by atoms with E-state index in [9.17, 15) is 19.5 Å². The molecule has 2 N–H and O–H groups in total. The van der Waals surface area contributed by atoms with Crippen LogP contribution in [0.1, 0.15) is 11.1 Å². The van der Waals surface area contributed by atoms with Crippen LogP contribution in [0.3, 0.4) is 0 Å². The van der Waals surface area contributed by atoms with Gasteiger partial charge in [0.1, 0.15) is 5.56 Å². The first-order chi connectivity index (χ1) is 14.4. The van der Waals surface area contributed by atoms with Crippen molar-refractivity contribution in [3.63, 3.8) is 0 Å². The SMILES string of the molecule is COC(=O)C1=Nc2ccccc2/C1=C\c1c(O)n(-c2ccc(Br)cc2)c(=O)[nH]c1=O. The highest BCUT2D eigenvalue weighted by Gasteiger charge is 2.28. The molecule has 0 unspecified atom stereocenters. The number of carbonyl (C=O) groups is 1. The van der Waals surface area contributed by atoms with Gasteiger partial charge in [-0.1, -0.05) is 34.1 Å². The number of H-pyrrole nitrogens is 1. The fourth-order valence-electron chi connectivity index (χ4n) is 3.15. The third-order valence-electron chi connectivity index (χ3n) is 4.55. The van der Waals surface area contributed by atoms with Crippen LogP contribution < -0.4 is 11.2 Å². The Labute approximate surface area is 177 Å². The van der Waals surface area contributed by atoms with Crippen LogP contribution in [-0.4, -0.2) is 33.4 Å². The fraction of sp³-hybridized carbons (Fsp3) is 0.0476. The van der Waals surface area contributed by atoms with Gasteiger partial charge in [-0.05, 0) is 36.4 Å². The number of aromatic hydroxyl groups is 1. The average molecular weight is 468 g/mol. The normalized spacial score (nSPS) is 13.8. The van der Waals surface area contributed by atoms with Gasteiger partial charge in [0.2, 0.25) is 5.88 Å². The van der Waals surface area contributed by atoms with Crippen LogP contribution >= 0.6 is 15.9 Å². The predicted molar refractivity (Wildman–Crippen MR) is 115 cm³/mol. The lowest BCUT2D eigenvalue weighted by molar-refractivity contribution is -0.132. The van der Waals surface area contributed by atoms with E-state index in [2.05, 4.69) is 25.9 Å². The van der Waals surface area contributed by atoms with Crippen LogP contribution in [0.15, 0.2) is 67.6 Å². The van der Waals surface area contributed by atoms with E-state index in [0.717, 1.165) is 9.04 Å². The predicted octanol–water partition coefficient (Wildman–Crippen LogP) is 2.79. The van der Waals surface area contributed by atoms with Gasteiger partial charge in [0.25, 0.3) is 5.56 Å². The monoisotopic (exact) mass is 467 g/mol. The second-order valence-electron chi connectivity index (χ2n) is 6.34. The van der Waals surface area contributed by atoms with Gasteiger partial charge in [-0.3, -0.25) is 9.78 Å². The minimum absolute atomic E-state index is 0.00103. The molecular weight excluding hydrogens is 454 g/mol. The highest BCUT2D eigenvalue weighted by Crippen LogP contribution is 2.36. The Morgan fingerprint density at radius 3 is 2.57 bits per heavy atom. The number of halogens is 1. The number of aliphatic imine (C=N–C) groups is 1. The molecule has 0 atom stereocenters. The second kappa shape index (κ2) is 7.60. The van der Waals surface area contributed by atoms with Crippen molar-refractivity contribution in [3.8, 4) is 11.6 Å². The van der Waals surface area contributed by atoms with Gasteiger partial charge in [0, 0.05) is 15.6 Å². The maximum absolute atomic E-state index is 12.5. The number of carbonyl (C=O) groups excluding carboxylic acids is 1. The number of para-hydroxylation sites is 1. The average Bonchev–Trinajstić information content (AvgIpc) is 3.10. The summed E-state index contributed by atoms with van der Waals surface area (Å²) in [7, 11) is 1.23. The largest absolute Gasteiger partial charge is 0.494 e. The van der Waals surface area contributed by atoms with Crippen molar-refractivity contribution in [2.24, 2.45) is 4.99 Å². The molecule has 0 radical (unpaired) electrons. The van der Waals surface area contributed by atoms with E-state index in [-0.39, 0.29) is 11.3 Å². The van der Waals surface area contributed by atoms with Gasteiger partial charge in [0.05, 0.1) is 18.5 Å². The standard InChI is InChI=1S/C21H14BrN3O5/c1-30-20(28)17-14(13-4-2-3-5-16(13)23-17)10-15-18(26)24-21(29)25(19(15)27)12-8-6-11(22)7-9-12/h2-10,27H,1H3,(H,24,26,29)/b14-10+. The van der Waals surface area contributed by atoms with E-state index in [0.29, 0.717) is 22.5 Å². The van der Waals surface area contributed by atoms with Gasteiger partial charge in [-0.15, -0.1) is 0 Å². The van der Waals surface area contributed by atoms with E-state index in [4.69, 9.17) is 4.74 Å². The number of hydrogen-bond donors (Lipinski definition) is 2. The molecule has 0 saturated carbocycles. The number of esters is 1. The molecule has 3 aromatic rings. The van der Waals surface area contributed by atoms with Gasteiger partial charge >= 0.3 is 11.7 Å². The lowest BCUT2D eigenvalue weighted by Gasteiger charge is -2.11. The maximum atomic E-state index is 12.5. The van der Waals surface area contributed by atoms with Gasteiger partial charge in [-0.2, -0.15) is 0 Å². The van der Waals surface area contributed by atoms with Gasteiger partial charge < -0.3 is 9.84 Å². The molecular formula is C21H14BrN3O5. The number of nitrogens with zero attached hydrogens (tertiary/aromatic N) is 2. The Morgan fingerprint density at radius 1 is 1.17 bits per heavy atom. The van der Waals surface area contributed by atoms with Gasteiger partial charge in [0.15, 0.2) is 5.71 Å². The maximum Gasteiger partial charge on any atom is 0.357 e. The van der Waals surface area contributed by atoms with Crippen LogP contribution in [0.5, 0.6) is 5.88 Å². The molecule has 2 aromatic carbocycles. The summed E-state index contributed by atoms with van der Waals surface area (Å²) in [5, 5.41) is 10.8. The minimum Gasteiger partial charge on any atom is -0.494 e. The number of hydrogen-bond acceptors (Lipinski definition) is 6. The Morgan fingerprint density at radius 2 is 1.87 bits per heavy atom. The number of ether oxygens (including phenoxy) is 1. The molecule has 150 valence electrons. The zero-order valence-corrected chi connectivity index (χ0v) is 17.1. The lowest BCUT2D eigenvalue weighted by atomic mass is 10.0. The summed E-state index contributed by atoms with van der Waals surface area (Å²) in [4.78, 5) is 43.6. The molecule has 0 aliphatic carbocycles. The Kier molecular flexibility index (Phi) is 4.96. The van der Waals surface area contributed by atoms with Crippen LogP contribution in [0.2, 0.25) is 0 Å². The summed E-state index contributed by atoms with van der Waals surface area (Å²) in [5.41, 5.74) is -0.00810. The first kappa shape index (κ1) is 19.6. The molecule has 4 rings (SSSR count). The summed E-state index contributed by atoms with van der Waals surface area (Å²) in [6.45, 7) is 0. The summed E-state index contributed by atoms with van der Waals surface area (Å²) in [6.07, 6.45) is 1.32. The van der Waals surface area contributed by atoms with Gasteiger partial charge in [-0.25, -0.2) is 19.1 Å². The number of aromatic nitrogens is 2. The number of methoxy groups -OCH3 is 1. The number of benzene rings is 2. The van der Waals surface area contributed by atoms with Crippen molar-refractivity contribution in [2.45, 2.75) is 0 Å². The molecule has 0 fully saturated rings. The van der Waals surface area contributed by atoms with E-state index >= 15 is 0 Å². The third-order valence-corrected chi connectivity index (χ3v) is 5.08. The molecule has 0 amide bonds. The molecule has 9 heteroatoms. The summed E-state index contributed by atoms with van der Waals surface area (Å²) < 4.78 is 6.55. The van der Waals surface area contributed by atoms with E-state index < -0.39 is 23.1 Å². The van der Waals surface area contributed by atoms with E-state index in [1.807, 2.05) is 0 Å². The van der Waals surface area contributed by atoms with Crippen molar-refractivity contribution in [1.82, 2.24) is 9.55 Å². The first-order valence-corrected chi connectivity index (χ1v) is 9.52.